The van der Waals surface area contributed by atoms with E-state index in [0.717, 1.165) is 66.5 Å². The monoisotopic (exact) mass is 565 g/mol. The molecule has 0 atom stereocenters. The lowest BCUT2D eigenvalue weighted by atomic mass is 9.64. The Hall–Kier alpha value is -4.02. The second kappa shape index (κ2) is 11.0. The summed E-state index contributed by atoms with van der Waals surface area (Å²) in [6.07, 6.45) is 7.11. The van der Waals surface area contributed by atoms with E-state index in [9.17, 15) is 14.4 Å². The minimum Gasteiger partial charge on any atom is -0.481 e. The summed E-state index contributed by atoms with van der Waals surface area (Å²) in [6.45, 7) is 4.31. The molecule has 216 valence electrons. The molecule has 1 aromatic heterocycles. The molecule has 4 fully saturated rings. The van der Waals surface area contributed by atoms with Gasteiger partial charge in [0, 0.05) is 41.9 Å². The zero-order valence-corrected chi connectivity index (χ0v) is 24.1. The van der Waals surface area contributed by atoms with Crippen molar-refractivity contribution >= 4 is 11.6 Å². The van der Waals surface area contributed by atoms with E-state index in [1.54, 1.807) is 18.2 Å². The minimum atomic E-state index is -0.625. The van der Waals surface area contributed by atoms with Crippen molar-refractivity contribution in [3.63, 3.8) is 0 Å². The van der Waals surface area contributed by atoms with Crippen molar-refractivity contribution in [2.75, 3.05) is 31.8 Å². The van der Waals surface area contributed by atoms with E-state index >= 15 is 0 Å². The smallest absolute Gasteiger partial charge is 0.253 e. The number of rotatable bonds is 10. The van der Waals surface area contributed by atoms with Crippen molar-refractivity contribution in [3.05, 3.63) is 90.1 Å². The summed E-state index contributed by atoms with van der Waals surface area (Å²) < 4.78 is 25.2. The lowest BCUT2D eigenvalue weighted by molar-refractivity contribution is -0.186. The number of nitrogens with zero attached hydrogens (tertiary/aromatic N) is 3. The molecule has 42 heavy (non-hydrogen) atoms. The second-order valence-corrected chi connectivity index (χ2v) is 12.1. The number of benzene rings is 2. The fourth-order valence-corrected chi connectivity index (χ4v) is 6.60. The number of carbonyl (C=O) groups is 1. The Kier molecular flexibility index (Phi) is 7.36. The summed E-state index contributed by atoms with van der Waals surface area (Å²) in [6, 6.07) is 22.5. The number of amides is 1. The van der Waals surface area contributed by atoms with Crippen molar-refractivity contribution < 1.29 is 18.7 Å². The molecule has 0 radical (unpaired) electrons. The third-order valence-corrected chi connectivity index (χ3v) is 9.57. The molecular formula is C35H36FN3O3. The van der Waals surface area contributed by atoms with Gasteiger partial charge in [-0.05, 0) is 79.0 Å². The van der Waals surface area contributed by atoms with Gasteiger partial charge in [-0.3, -0.25) is 9.18 Å². The van der Waals surface area contributed by atoms with Crippen LogP contribution in [0.5, 0.6) is 5.88 Å². The van der Waals surface area contributed by atoms with E-state index in [1.165, 1.54) is 0 Å². The number of carbonyl (C=O) groups excluding carboxylic acids is 1. The molecule has 7 rings (SSSR count). The number of anilines is 1. The Labute approximate surface area is 246 Å². The van der Waals surface area contributed by atoms with Crippen molar-refractivity contribution in [1.82, 2.24) is 4.98 Å². The number of ether oxygens (including phenoxy) is 2. The number of pyridine rings is 1. The Morgan fingerprint density at radius 2 is 1.76 bits per heavy atom. The standard InChI is InChI=1S/C35H36FN3O3/c1-25(10-18-36)32(40)39(30-5-3-4-26(20-30)27-11-19-38-31(21-27)41-2)23-33-12-16-35(17-13-33,42-24-33)29-8-6-28(7-9-29)34(22-37)14-15-34/h3-9,11,19-21H,1,10,12-18,23-24H2,2H3. The number of methoxy groups -OCH3 is 1. The summed E-state index contributed by atoms with van der Waals surface area (Å²) in [4.78, 5) is 19.7. The van der Waals surface area contributed by atoms with E-state index in [0.29, 0.717) is 19.0 Å². The third-order valence-electron chi connectivity index (χ3n) is 9.57. The molecule has 2 saturated carbocycles. The maximum atomic E-state index is 13.7. The van der Waals surface area contributed by atoms with Crippen LogP contribution in [0.4, 0.5) is 10.1 Å². The van der Waals surface area contributed by atoms with Gasteiger partial charge in [0.1, 0.15) is 0 Å². The van der Waals surface area contributed by atoms with Gasteiger partial charge >= 0.3 is 0 Å². The molecule has 6 nitrogen and oxygen atoms in total. The number of alkyl halides is 1. The lowest BCUT2D eigenvalue weighted by Gasteiger charge is -2.54. The first kappa shape index (κ1) is 28.1. The van der Waals surface area contributed by atoms with Crippen molar-refractivity contribution in [1.29, 1.82) is 5.26 Å². The van der Waals surface area contributed by atoms with Crippen molar-refractivity contribution in [2.24, 2.45) is 5.41 Å². The van der Waals surface area contributed by atoms with Crippen LogP contribution in [-0.4, -0.2) is 37.8 Å². The summed E-state index contributed by atoms with van der Waals surface area (Å²) in [5.74, 6) is 0.258. The molecule has 0 N–H and O–H groups in total. The highest BCUT2D eigenvalue weighted by Crippen LogP contribution is 2.55. The number of hydrogen-bond donors (Lipinski definition) is 0. The van der Waals surface area contributed by atoms with Crippen molar-refractivity contribution in [2.45, 2.75) is 56.0 Å². The summed E-state index contributed by atoms with van der Waals surface area (Å²) in [5.41, 5.74) is 4.28. The molecule has 0 spiro atoms. The van der Waals surface area contributed by atoms with Gasteiger partial charge in [0.15, 0.2) is 0 Å². The minimum absolute atomic E-state index is 0.00622. The molecule has 2 aliphatic heterocycles. The summed E-state index contributed by atoms with van der Waals surface area (Å²) in [5, 5.41) is 9.58. The zero-order valence-electron chi connectivity index (χ0n) is 24.1. The average Bonchev–Trinajstić information content (AvgIpc) is 3.86. The van der Waals surface area contributed by atoms with Gasteiger partial charge in [0.25, 0.3) is 5.91 Å². The fourth-order valence-electron chi connectivity index (χ4n) is 6.60. The molecule has 0 unspecified atom stereocenters. The van der Waals surface area contributed by atoms with E-state index in [1.807, 2.05) is 36.4 Å². The van der Waals surface area contributed by atoms with E-state index in [4.69, 9.17) is 9.47 Å². The Balaban J connectivity index is 1.24. The molecule has 3 aromatic rings. The maximum Gasteiger partial charge on any atom is 0.253 e. The first-order chi connectivity index (χ1) is 20.3. The van der Waals surface area contributed by atoms with E-state index < -0.39 is 6.67 Å². The number of aromatic nitrogens is 1. The van der Waals surface area contributed by atoms with Crippen LogP contribution < -0.4 is 9.64 Å². The first-order valence-electron chi connectivity index (χ1n) is 14.7. The van der Waals surface area contributed by atoms with Crippen LogP contribution in [0.25, 0.3) is 11.1 Å². The summed E-state index contributed by atoms with van der Waals surface area (Å²) in [7, 11) is 1.58. The highest BCUT2D eigenvalue weighted by Gasteiger charge is 2.52. The van der Waals surface area contributed by atoms with E-state index in [-0.39, 0.29) is 34.3 Å². The van der Waals surface area contributed by atoms with Gasteiger partial charge in [-0.1, -0.05) is 43.0 Å². The Morgan fingerprint density at radius 3 is 2.38 bits per heavy atom. The van der Waals surface area contributed by atoms with Gasteiger partial charge < -0.3 is 14.4 Å². The molecule has 2 aliphatic carbocycles. The Bertz CT molecular complexity index is 1510. The van der Waals surface area contributed by atoms with Gasteiger partial charge in [0.2, 0.25) is 5.88 Å². The third kappa shape index (κ3) is 5.09. The molecule has 4 aliphatic rings. The number of nitriles is 1. The molecule has 2 aromatic carbocycles. The van der Waals surface area contributed by atoms with Crippen molar-refractivity contribution in [3.8, 4) is 23.1 Å². The second-order valence-electron chi connectivity index (χ2n) is 12.1. The topological polar surface area (TPSA) is 75.5 Å². The zero-order chi connectivity index (χ0) is 29.4. The van der Waals surface area contributed by atoms with Crippen LogP contribution >= 0.6 is 0 Å². The van der Waals surface area contributed by atoms with Crippen LogP contribution in [-0.2, 0) is 20.5 Å². The van der Waals surface area contributed by atoms with Gasteiger partial charge in [-0.15, -0.1) is 0 Å². The van der Waals surface area contributed by atoms with Crippen LogP contribution in [0.15, 0.2) is 79.0 Å². The highest BCUT2D eigenvalue weighted by molar-refractivity contribution is 6.05. The molecular weight excluding hydrogens is 529 g/mol. The number of hydrogen-bond acceptors (Lipinski definition) is 5. The van der Waals surface area contributed by atoms with Gasteiger partial charge in [-0.2, -0.15) is 5.26 Å². The van der Waals surface area contributed by atoms with Gasteiger partial charge in [-0.25, -0.2) is 4.98 Å². The molecule has 3 heterocycles. The molecule has 1 amide bonds. The maximum absolute atomic E-state index is 13.7. The number of halogens is 1. The van der Waals surface area contributed by atoms with Crippen LogP contribution in [0.2, 0.25) is 0 Å². The summed E-state index contributed by atoms with van der Waals surface area (Å²) >= 11 is 0. The molecule has 2 saturated heterocycles. The molecule has 7 heteroatoms. The fraction of sp³-hybridized carbons (Fsp3) is 0.400. The molecule has 2 bridgehead atoms. The van der Waals surface area contributed by atoms with Crippen LogP contribution in [0.1, 0.15) is 56.1 Å². The Morgan fingerprint density at radius 1 is 1.05 bits per heavy atom. The lowest BCUT2D eigenvalue weighted by Crippen LogP contribution is -2.54. The first-order valence-corrected chi connectivity index (χ1v) is 14.7. The normalized spacial score (nSPS) is 23.5. The predicted molar refractivity (Wildman–Crippen MR) is 160 cm³/mol. The van der Waals surface area contributed by atoms with Gasteiger partial charge in [0.05, 0.1) is 37.5 Å². The average molecular weight is 566 g/mol. The largest absolute Gasteiger partial charge is 0.481 e. The highest BCUT2D eigenvalue weighted by atomic mass is 19.1. The predicted octanol–water partition coefficient (Wildman–Crippen LogP) is 7.05. The number of fused-ring (bicyclic) bond motifs is 3. The SMILES string of the molecule is C=C(CCF)C(=O)N(CC12CCC(c3ccc(C4(C#N)CC4)cc3)(CC1)OC2)c1cccc(-c2ccnc(OC)c2)c1. The van der Waals surface area contributed by atoms with E-state index in [2.05, 4.69) is 41.9 Å². The van der Waals surface area contributed by atoms with Crippen LogP contribution in [0, 0.1) is 16.7 Å². The quantitative estimate of drug-likeness (QED) is 0.246. The van der Waals surface area contributed by atoms with Crippen LogP contribution in [0.3, 0.4) is 0 Å².